The van der Waals surface area contributed by atoms with E-state index in [1.807, 2.05) is 27.0 Å². The van der Waals surface area contributed by atoms with Crippen LogP contribution in [0.3, 0.4) is 0 Å². The van der Waals surface area contributed by atoms with E-state index in [1.54, 1.807) is 18.2 Å². The molecule has 5 rings (SSSR count). The number of amides is 2. The average Bonchev–Trinajstić information content (AvgIpc) is 2.79. The van der Waals surface area contributed by atoms with Crippen molar-refractivity contribution >= 4 is 11.8 Å². The molecule has 192 valence electrons. The first-order valence-corrected chi connectivity index (χ1v) is 12.6. The fourth-order valence-electron chi connectivity index (χ4n) is 6.78. The molecule has 2 aliphatic carbocycles. The van der Waals surface area contributed by atoms with E-state index in [9.17, 15) is 24.6 Å². The van der Waals surface area contributed by atoms with Crippen LogP contribution in [0.25, 0.3) is 0 Å². The fraction of sp³-hybridized carbons (Fsp3) is 0.519. The van der Waals surface area contributed by atoms with Gasteiger partial charge in [0.05, 0.1) is 5.60 Å². The third kappa shape index (κ3) is 3.64. The van der Waals surface area contributed by atoms with Crippen molar-refractivity contribution < 1.29 is 19.8 Å². The van der Waals surface area contributed by atoms with Gasteiger partial charge < -0.3 is 31.1 Å². The van der Waals surface area contributed by atoms with Gasteiger partial charge in [-0.1, -0.05) is 19.9 Å². The second-order valence-corrected chi connectivity index (χ2v) is 11.2. The number of likely N-dealkylation sites (N-methyl/N-ethyl adjacent to an activating group) is 1. The van der Waals surface area contributed by atoms with Gasteiger partial charge in [0, 0.05) is 30.0 Å². The topological polar surface area (TPSA) is 149 Å². The van der Waals surface area contributed by atoms with Gasteiger partial charge in [0.25, 0.3) is 11.5 Å². The third-order valence-corrected chi connectivity index (χ3v) is 8.58. The number of aromatic amines is 1. The fourth-order valence-corrected chi connectivity index (χ4v) is 6.78. The van der Waals surface area contributed by atoms with Gasteiger partial charge in [-0.2, -0.15) is 0 Å². The zero-order valence-electron chi connectivity index (χ0n) is 20.9. The lowest BCUT2D eigenvalue weighted by Gasteiger charge is -2.63. The smallest absolute Gasteiger partial charge is 0.261 e. The predicted octanol–water partition coefficient (Wildman–Crippen LogP) is 0.738. The number of carbonyl (C=O) groups excluding carboxylic acids is 2. The molecular weight excluding hydrogens is 460 g/mol. The van der Waals surface area contributed by atoms with Gasteiger partial charge in [0.1, 0.15) is 17.4 Å². The van der Waals surface area contributed by atoms with Crippen molar-refractivity contribution in [2.45, 2.75) is 69.1 Å². The van der Waals surface area contributed by atoms with Crippen LogP contribution >= 0.6 is 0 Å². The summed E-state index contributed by atoms with van der Waals surface area (Å²) < 4.78 is 0. The third-order valence-electron chi connectivity index (χ3n) is 8.58. The number of nitrogens with one attached hydrogen (secondary N) is 2. The average molecular weight is 495 g/mol. The van der Waals surface area contributed by atoms with E-state index in [1.165, 1.54) is 0 Å². The highest BCUT2D eigenvalue weighted by atomic mass is 16.3. The number of benzene rings is 1. The number of phenolic OH excluding ortho intramolecular Hbond substituents is 1. The van der Waals surface area contributed by atoms with Crippen molar-refractivity contribution in [1.29, 1.82) is 0 Å². The largest absolute Gasteiger partial charge is 0.508 e. The molecule has 1 aromatic heterocycles. The molecule has 2 aromatic rings. The number of likely N-dealkylation sites (tertiary alicyclic amines) is 1. The second kappa shape index (κ2) is 8.45. The van der Waals surface area contributed by atoms with Crippen molar-refractivity contribution in [3.05, 3.63) is 62.6 Å². The van der Waals surface area contributed by atoms with Crippen molar-refractivity contribution in [2.24, 2.45) is 11.7 Å². The van der Waals surface area contributed by atoms with Gasteiger partial charge in [-0.15, -0.1) is 0 Å². The Labute approximate surface area is 209 Å². The van der Waals surface area contributed by atoms with Crippen LogP contribution in [0, 0.1) is 5.92 Å². The number of aliphatic hydroxyl groups is 1. The van der Waals surface area contributed by atoms with E-state index >= 15 is 0 Å². The Morgan fingerprint density at radius 3 is 2.69 bits per heavy atom. The first kappa shape index (κ1) is 24.5. The minimum Gasteiger partial charge on any atom is -0.508 e. The van der Waals surface area contributed by atoms with Crippen LogP contribution in [0.1, 0.15) is 59.4 Å². The van der Waals surface area contributed by atoms with E-state index in [-0.39, 0.29) is 29.7 Å². The molecule has 1 aliphatic heterocycles. The Morgan fingerprint density at radius 2 is 2.00 bits per heavy atom. The van der Waals surface area contributed by atoms with Crippen molar-refractivity contribution in [3.8, 4) is 5.75 Å². The highest BCUT2D eigenvalue weighted by Crippen LogP contribution is 2.56. The molecule has 3 aliphatic rings. The summed E-state index contributed by atoms with van der Waals surface area (Å²) in [5, 5.41) is 25.2. The number of carbonyl (C=O) groups is 2. The lowest BCUT2D eigenvalue weighted by Crippen LogP contribution is -2.73. The minimum absolute atomic E-state index is 0.101. The number of nitrogens with zero attached hydrogens (tertiary/aromatic N) is 1. The summed E-state index contributed by atoms with van der Waals surface area (Å²) in [5.74, 6) is -1.03. The first-order valence-electron chi connectivity index (χ1n) is 12.6. The van der Waals surface area contributed by atoms with Gasteiger partial charge >= 0.3 is 0 Å². The summed E-state index contributed by atoms with van der Waals surface area (Å²) in [6.07, 6.45) is 2.34. The molecule has 0 saturated carbocycles. The molecule has 2 amide bonds. The standard InChI is InChI=1S/C27H34N4O5/c1-14(2)8-20(23(28)33)29-24(34)18-9-16-12-27(36)22-10-15-4-5-17(32)11-19(15)26(27,6-7-31(22)3)13-21(16)30-25(18)35/h4-5,9,11,14,20,22,32,36H,6-8,10,12-13H2,1-3H3,(H2,28,33)(H,29,34)(H,30,35)/t20-,22+,26+,27+/m0/s1. The Bertz CT molecular complexity index is 1300. The SMILES string of the molecule is CC(C)C[C@H](NC(=O)c1cc2c([nH]c1=O)C[C@]13CCN(C)[C@H](Cc4ccc(O)cc41)[C@]3(O)C2)C(N)=O. The Kier molecular flexibility index (Phi) is 5.76. The molecule has 4 atom stereocenters. The van der Waals surface area contributed by atoms with Gasteiger partial charge in [0.2, 0.25) is 5.91 Å². The Hall–Kier alpha value is -3.17. The van der Waals surface area contributed by atoms with E-state index in [2.05, 4.69) is 15.2 Å². The van der Waals surface area contributed by atoms with Crippen molar-refractivity contribution in [1.82, 2.24) is 15.2 Å². The van der Waals surface area contributed by atoms with Gasteiger partial charge in [-0.25, -0.2) is 0 Å². The number of aromatic nitrogens is 1. The molecule has 9 nitrogen and oxygen atoms in total. The maximum absolute atomic E-state index is 13.0. The molecular formula is C27H34N4O5. The normalized spacial score (nSPS) is 27.5. The highest BCUT2D eigenvalue weighted by Gasteiger charge is 2.64. The van der Waals surface area contributed by atoms with E-state index in [0.29, 0.717) is 36.9 Å². The number of rotatable bonds is 5. The predicted molar refractivity (Wildman–Crippen MR) is 134 cm³/mol. The number of primary amides is 1. The van der Waals surface area contributed by atoms with Crippen LogP contribution < -0.4 is 16.6 Å². The second-order valence-electron chi connectivity index (χ2n) is 11.2. The number of piperidine rings is 1. The number of hydrogen-bond acceptors (Lipinski definition) is 6. The van der Waals surface area contributed by atoms with Gasteiger partial charge in [0.15, 0.2) is 0 Å². The maximum atomic E-state index is 13.0. The molecule has 0 radical (unpaired) electrons. The number of pyridine rings is 1. The number of fused-ring (bicyclic) bond motifs is 2. The van der Waals surface area contributed by atoms with Gasteiger partial charge in [-0.3, -0.25) is 14.4 Å². The number of hydrogen-bond donors (Lipinski definition) is 5. The van der Waals surface area contributed by atoms with Crippen LogP contribution in [0.4, 0.5) is 0 Å². The number of nitrogens with two attached hydrogens (primary N) is 1. The van der Waals surface area contributed by atoms with E-state index in [0.717, 1.165) is 17.7 Å². The number of aromatic hydroxyl groups is 1. The van der Waals surface area contributed by atoms with Crippen LogP contribution in [0.5, 0.6) is 5.75 Å². The van der Waals surface area contributed by atoms with Crippen LogP contribution in [0.2, 0.25) is 0 Å². The molecule has 9 heteroatoms. The Morgan fingerprint density at radius 1 is 1.25 bits per heavy atom. The van der Waals surface area contributed by atoms with Crippen LogP contribution in [0.15, 0.2) is 29.1 Å². The molecule has 2 heterocycles. The van der Waals surface area contributed by atoms with E-state index < -0.39 is 34.4 Å². The number of phenols is 1. The summed E-state index contributed by atoms with van der Waals surface area (Å²) >= 11 is 0. The van der Waals surface area contributed by atoms with Crippen LogP contribution in [-0.4, -0.2) is 63.2 Å². The first-order chi connectivity index (χ1) is 16.9. The summed E-state index contributed by atoms with van der Waals surface area (Å²) in [4.78, 5) is 43.0. The number of H-pyrrole nitrogens is 1. The molecule has 6 N–H and O–H groups in total. The Balaban J connectivity index is 1.56. The van der Waals surface area contributed by atoms with Crippen LogP contribution in [-0.2, 0) is 29.5 Å². The quantitative estimate of drug-likeness (QED) is 0.414. The molecule has 0 spiro atoms. The zero-order valence-corrected chi connectivity index (χ0v) is 20.9. The summed E-state index contributed by atoms with van der Waals surface area (Å²) in [7, 11) is 2.01. The summed E-state index contributed by atoms with van der Waals surface area (Å²) in [6.45, 7) is 4.62. The summed E-state index contributed by atoms with van der Waals surface area (Å²) in [6, 6.07) is 5.89. The highest BCUT2D eigenvalue weighted by molar-refractivity contribution is 5.97. The molecule has 1 fully saturated rings. The van der Waals surface area contributed by atoms with E-state index in [4.69, 9.17) is 5.73 Å². The van der Waals surface area contributed by atoms with Gasteiger partial charge in [-0.05, 0) is 73.7 Å². The minimum atomic E-state index is -1.15. The lowest BCUT2D eigenvalue weighted by molar-refractivity contribution is -0.145. The summed E-state index contributed by atoms with van der Waals surface area (Å²) in [5.41, 5.74) is 6.44. The zero-order chi connectivity index (χ0) is 26.0. The molecule has 0 unspecified atom stereocenters. The maximum Gasteiger partial charge on any atom is 0.261 e. The van der Waals surface area contributed by atoms with Crippen molar-refractivity contribution in [3.63, 3.8) is 0 Å². The molecule has 1 saturated heterocycles. The molecule has 2 bridgehead atoms. The molecule has 1 aromatic carbocycles. The lowest BCUT2D eigenvalue weighted by atomic mass is 9.49. The van der Waals surface area contributed by atoms with Crippen molar-refractivity contribution in [2.75, 3.05) is 13.6 Å². The molecule has 36 heavy (non-hydrogen) atoms. The monoisotopic (exact) mass is 494 g/mol.